The molecule has 2 aliphatic heterocycles. The Morgan fingerprint density at radius 2 is 1.03 bits per heavy atom. The van der Waals surface area contributed by atoms with E-state index in [4.69, 9.17) is 17.2 Å². The van der Waals surface area contributed by atoms with Gasteiger partial charge in [0.15, 0.2) is 22.8 Å². The molecule has 6 aromatic heterocycles. The molecule has 66 heavy (non-hydrogen) atoms. The van der Waals surface area contributed by atoms with Crippen LogP contribution in [0.5, 0.6) is 0 Å². The molecule has 2 atom stereocenters. The van der Waals surface area contributed by atoms with E-state index in [2.05, 4.69) is 30.1 Å². The second-order valence-corrected chi connectivity index (χ2v) is 16.3. The van der Waals surface area contributed by atoms with Crippen molar-refractivity contribution in [2.75, 3.05) is 57.5 Å². The number of likely N-dealkylation sites (tertiary alicyclic amines) is 2. The number of hydrogen-bond acceptors (Lipinski definition) is 15. The summed E-state index contributed by atoms with van der Waals surface area (Å²) in [5.74, 6) is -1.52. The number of nitrogens with two attached hydrogens (primary N) is 3. The van der Waals surface area contributed by atoms with Crippen molar-refractivity contribution in [3.05, 3.63) is 107 Å². The van der Waals surface area contributed by atoms with E-state index in [1.807, 2.05) is 23.9 Å². The zero-order chi connectivity index (χ0) is 47.8. The third kappa shape index (κ3) is 9.08. The van der Waals surface area contributed by atoms with Crippen molar-refractivity contribution in [3.8, 4) is 33.9 Å². The van der Waals surface area contributed by atoms with Gasteiger partial charge in [-0.25, -0.2) is 29.3 Å². The molecule has 8 heterocycles. The van der Waals surface area contributed by atoms with Gasteiger partial charge in [-0.15, -0.1) is 0 Å². The lowest BCUT2D eigenvalue weighted by atomic mass is 9.76. The second-order valence-electron chi connectivity index (χ2n) is 16.3. The van der Waals surface area contributed by atoms with Gasteiger partial charge >= 0.3 is 18.0 Å². The van der Waals surface area contributed by atoms with Gasteiger partial charge in [-0.3, -0.25) is 10.1 Å². The van der Waals surface area contributed by atoms with Crippen LogP contribution >= 0.6 is 0 Å². The minimum atomic E-state index is -4.88. The quantitative estimate of drug-likeness (QED) is 0.0682. The third-order valence-electron chi connectivity index (χ3n) is 12.3. The van der Waals surface area contributed by atoms with Gasteiger partial charge in [0.1, 0.15) is 5.82 Å². The molecular weight excluding hydrogens is 879 g/mol. The zero-order valence-electron chi connectivity index (χ0n) is 35.5. The molecule has 8 N–H and O–H groups in total. The Bertz CT molecular complexity index is 2650. The Hall–Kier alpha value is -6.76. The van der Waals surface area contributed by atoms with E-state index in [0.29, 0.717) is 54.4 Å². The monoisotopic (exact) mass is 924 g/mol. The number of alkyl halides is 6. The van der Waals surface area contributed by atoms with Gasteiger partial charge in [0.2, 0.25) is 5.82 Å². The van der Waals surface area contributed by atoms with Gasteiger partial charge in [0, 0.05) is 76.8 Å². The lowest BCUT2D eigenvalue weighted by Crippen LogP contribution is -2.51. The van der Waals surface area contributed by atoms with Gasteiger partial charge in [-0.2, -0.15) is 36.5 Å². The highest BCUT2D eigenvalue weighted by molar-refractivity contribution is 5.82. The van der Waals surface area contributed by atoms with E-state index in [0.717, 1.165) is 12.4 Å². The number of halogens is 6. The van der Waals surface area contributed by atoms with E-state index in [1.165, 1.54) is 64.5 Å². The second kappa shape index (κ2) is 18.3. The number of anilines is 3. The number of hydrogen-bond donors (Lipinski definition) is 5. The van der Waals surface area contributed by atoms with Crippen LogP contribution < -0.4 is 17.2 Å². The van der Waals surface area contributed by atoms with E-state index >= 15 is 0 Å². The fourth-order valence-corrected chi connectivity index (χ4v) is 8.42. The number of aromatic nitrogens is 8. The number of nitro groups is 1. The van der Waals surface area contributed by atoms with Gasteiger partial charge in [0.05, 0.1) is 28.6 Å². The number of pyridine rings is 4. The average Bonchev–Trinajstić information content (AvgIpc) is 3.98. The van der Waals surface area contributed by atoms with Crippen LogP contribution in [-0.4, -0.2) is 117 Å². The van der Waals surface area contributed by atoms with Gasteiger partial charge in [0.25, 0.3) is 0 Å². The van der Waals surface area contributed by atoms with Crippen molar-refractivity contribution in [3.63, 3.8) is 0 Å². The minimum Gasteiger partial charge on any atom is -0.395 e. The van der Waals surface area contributed by atoms with Crippen molar-refractivity contribution in [2.45, 2.75) is 49.2 Å². The van der Waals surface area contributed by atoms with Crippen LogP contribution in [-0.2, 0) is 11.2 Å². The number of nitrogen functional groups attached to an aromatic ring is 3. The normalized spacial score (nSPS) is 17.7. The summed E-state index contributed by atoms with van der Waals surface area (Å²) in [6.07, 6.45) is 2.07. The summed E-state index contributed by atoms with van der Waals surface area (Å²) in [6, 6.07) is 8.26. The van der Waals surface area contributed by atoms with E-state index < -0.39 is 40.3 Å². The smallest absolute Gasteiger partial charge is 0.395 e. The Balaban J connectivity index is 0.000000197. The minimum absolute atomic E-state index is 0.174. The molecule has 18 nitrogen and oxygen atoms in total. The number of piperidine rings is 2. The van der Waals surface area contributed by atoms with Crippen LogP contribution in [0.25, 0.3) is 33.9 Å². The molecule has 2 saturated heterocycles. The van der Waals surface area contributed by atoms with Crippen LogP contribution in [0.3, 0.4) is 0 Å². The van der Waals surface area contributed by atoms with Crippen molar-refractivity contribution in [1.82, 2.24) is 49.3 Å². The first kappa shape index (κ1) is 47.2. The fourth-order valence-electron chi connectivity index (χ4n) is 8.42. The van der Waals surface area contributed by atoms with Crippen molar-refractivity contribution < 1.29 is 41.5 Å². The van der Waals surface area contributed by atoms with Gasteiger partial charge < -0.3 is 37.2 Å². The summed E-state index contributed by atoms with van der Waals surface area (Å²) in [4.78, 5) is 30.5. The Morgan fingerprint density at radius 1 is 0.621 bits per heavy atom. The zero-order valence-corrected chi connectivity index (χ0v) is 35.5. The first-order chi connectivity index (χ1) is 31.1. The standard InChI is InChI=1S/C21H22F3N7O3.C21H24F3N7O/c1-29-8-5-14(6-9-29)20(32,21(22,23)24)15-2-3-17(27-11-15)30-12-13(10-28-30)16-4-7-26-19(25)18(16)31(33)34;1-30-8-5-14(6-9-30)20(32,21(22,23)24)15-2-3-17(28-11-15)31-12-13(10-29-31)16-4-7-27-19(26)18(16)25/h2-4,7,10-12,14,32H,5-6,8-9H2,1H3,(H2,25,26);2-4,7,10-12,14,32H,5-6,8-9,25H2,1H3,(H2,26,27). The molecular formula is C42H46F6N14O4. The highest BCUT2D eigenvalue weighted by Crippen LogP contribution is 2.49. The SMILES string of the molecule is CN1CCC(C(O)(c2ccc(-n3cc(-c4ccnc(N)c4N)cn3)nc2)C(F)(F)F)CC1.CN1CCC(C(O)(c2ccc(-n3cc(-c4ccnc(N)c4[N+](=O)[O-])cn3)nc2)C(F)(F)F)CC1. The maximum atomic E-state index is 14.0. The topological polar surface area (TPSA) is 255 Å². The van der Waals surface area contributed by atoms with Crippen LogP contribution in [0, 0.1) is 22.0 Å². The van der Waals surface area contributed by atoms with Crippen molar-refractivity contribution in [1.29, 1.82) is 0 Å². The molecule has 0 aromatic carbocycles. The summed E-state index contributed by atoms with van der Waals surface area (Å²) >= 11 is 0. The summed E-state index contributed by atoms with van der Waals surface area (Å²) in [7, 11) is 3.68. The highest BCUT2D eigenvalue weighted by Gasteiger charge is 2.61. The summed E-state index contributed by atoms with van der Waals surface area (Å²) in [5.41, 5.74) is 12.5. The van der Waals surface area contributed by atoms with E-state index in [9.17, 15) is 46.7 Å². The lowest BCUT2D eigenvalue weighted by molar-refractivity contribution is -0.383. The third-order valence-corrected chi connectivity index (χ3v) is 12.3. The number of rotatable bonds is 9. The molecule has 2 aliphatic rings. The van der Waals surface area contributed by atoms with E-state index in [-0.39, 0.29) is 65.5 Å². The number of nitrogens with zero attached hydrogens (tertiary/aromatic N) is 11. The first-order valence-electron chi connectivity index (χ1n) is 20.5. The Labute approximate surface area is 372 Å². The molecule has 2 unspecified atom stereocenters. The molecule has 350 valence electrons. The van der Waals surface area contributed by atoms with E-state index in [1.54, 1.807) is 18.5 Å². The predicted molar refractivity (Wildman–Crippen MR) is 229 cm³/mol. The fraction of sp³-hybridized carbons (Fsp3) is 0.381. The van der Waals surface area contributed by atoms with Crippen LogP contribution in [0.2, 0.25) is 0 Å². The molecule has 0 saturated carbocycles. The van der Waals surface area contributed by atoms with Gasteiger partial charge in [-0.1, -0.05) is 12.1 Å². The van der Waals surface area contributed by atoms with Crippen molar-refractivity contribution >= 4 is 23.0 Å². The molecule has 0 amide bonds. The first-order valence-corrected chi connectivity index (χ1v) is 20.5. The maximum Gasteiger partial charge on any atom is 0.421 e. The summed E-state index contributed by atoms with van der Waals surface area (Å²) in [6.45, 7) is 1.90. The molecule has 24 heteroatoms. The lowest BCUT2D eigenvalue weighted by Gasteiger charge is -2.41. The maximum absolute atomic E-state index is 14.0. The average molecular weight is 925 g/mol. The molecule has 6 aromatic rings. The summed E-state index contributed by atoms with van der Waals surface area (Å²) in [5, 5.41) is 41.4. The molecule has 0 bridgehead atoms. The Kier molecular flexibility index (Phi) is 13.1. The van der Waals surface area contributed by atoms with Crippen LogP contribution in [0.15, 0.2) is 86.0 Å². The molecule has 8 rings (SSSR count). The molecule has 2 fully saturated rings. The van der Waals surface area contributed by atoms with Crippen LogP contribution in [0.4, 0.5) is 49.4 Å². The highest BCUT2D eigenvalue weighted by atomic mass is 19.4. The predicted octanol–water partition coefficient (Wildman–Crippen LogP) is 5.50. The van der Waals surface area contributed by atoms with Gasteiger partial charge in [-0.05, 0) is 90.2 Å². The molecule has 0 aliphatic carbocycles. The Morgan fingerprint density at radius 3 is 1.42 bits per heavy atom. The molecule has 0 spiro atoms. The molecule has 0 radical (unpaired) electrons. The summed E-state index contributed by atoms with van der Waals surface area (Å²) < 4.78 is 86.9. The number of aliphatic hydroxyl groups is 2. The van der Waals surface area contributed by atoms with Crippen LogP contribution in [0.1, 0.15) is 36.8 Å². The largest absolute Gasteiger partial charge is 0.421 e. The van der Waals surface area contributed by atoms with Crippen molar-refractivity contribution in [2.24, 2.45) is 11.8 Å².